The molecule has 1 aromatic heterocycles. The number of aliphatic hydroxyl groups is 2. The number of phenolic OH excluding ortho intramolecular Hbond substituents is 1. The summed E-state index contributed by atoms with van der Waals surface area (Å²) in [6.45, 7) is 3.33. The van der Waals surface area contributed by atoms with Gasteiger partial charge in [-0.3, -0.25) is 9.78 Å². The summed E-state index contributed by atoms with van der Waals surface area (Å²) in [5.74, 6) is -0.0924. The molecule has 3 aromatic carbocycles. The second-order valence-corrected chi connectivity index (χ2v) is 11.3. The van der Waals surface area contributed by atoms with Gasteiger partial charge >= 0.3 is 0 Å². The Morgan fingerprint density at radius 1 is 0.977 bits per heavy atom. The van der Waals surface area contributed by atoms with Crippen LogP contribution in [0, 0.1) is 5.92 Å². The third kappa shape index (κ3) is 7.88. The molecule has 4 aromatic rings. The minimum absolute atomic E-state index is 0.0199. The van der Waals surface area contributed by atoms with E-state index in [9.17, 15) is 20.1 Å². The monoisotopic (exact) mass is 597 g/mol. The smallest absolute Gasteiger partial charge is 0.253 e. The highest BCUT2D eigenvalue weighted by Gasteiger charge is 2.39. The number of rotatable bonds is 11. The van der Waals surface area contributed by atoms with Crippen molar-refractivity contribution in [2.75, 3.05) is 20.1 Å². The van der Waals surface area contributed by atoms with Gasteiger partial charge in [-0.25, -0.2) is 0 Å². The van der Waals surface area contributed by atoms with Crippen molar-refractivity contribution in [3.63, 3.8) is 0 Å². The van der Waals surface area contributed by atoms with Crippen LogP contribution >= 0.6 is 0 Å². The highest BCUT2D eigenvalue weighted by Crippen LogP contribution is 2.42. The van der Waals surface area contributed by atoms with Crippen LogP contribution in [0.4, 0.5) is 0 Å². The van der Waals surface area contributed by atoms with Gasteiger partial charge in [0, 0.05) is 43.5 Å². The zero-order valence-corrected chi connectivity index (χ0v) is 24.9. The Kier molecular flexibility index (Phi) is 10.4. The first-order valence-electron chi connectivity index (χ1n) is 14.7. The molecular formula is C35H39N3O6. The van der Waals surface area contributed by atoms with Gasteiger partial charge in [0.25, 0.3) is 5.91 Å². The number of aromatic nitrogens is 1. The van der Waals surface area contributed by atoms with Crippen LogP contribution < -0.4 is 5.32 Å². The molecule has 1 fully saturated rings. The number of aromatic hydroxyl groups is 1. The van der Waals surface area contributed by atoms with E-state index in [1.807, 2.05) is 60.5 Å². The summed E-state index contributed by atoms with van der Waals surface area (Å²) in [6.07, 6.45) is 1.26. The molecule has 5 rings (SSSR count). The minimum Gasteiger partial charge on any atom is -0.508 e. The van der Waals surface area contributed by atoms with E-state index in [1.54, 1.807) is 42.6 Å². The number of hydrogen-bond acceptors (Lipinski definition) is 8. The molecular weight excluding hydrogens is 558 g/mol. The molecule has 0 radical (unpaired) electrons. The van der Waals surface area contributed by atoms with Crippen molar-refractivity contribution < 1.29 is 29.6 Å². The number of benzene rings is 3. The van der Waals surface area contributed by atoms with Crippen LogP contribution in [0.15, 0.2) is 97.3 Å². The lowest BCUT2D eigenvalue weighted by atomic mass is 9.90. The van der Waals surface area contributed by atoms with Gasteiger partial charge in [-0.15, -0.1) is 0 Å². The summed E-state index contributed by atoms with van der Waals surface area (Å²) in [5.41, 5.74) is 4.76. The first kappa shape index (κ1) is 31.3. The van der Waals surface area contributed by atoms with E-state index in [2.05, 4.69) is 17.2 Å². The summed E-state index contributed by atoms with van der Waals surface area (Å²) in [7, 11) is 1.94. The molecule has 9 nitrogen and oxygen atoms in total. The molecule has 0 aliphatic carbocycles. The summed E-state index contributed by atoms with van der Waals surface area (Å²) in [6, 6.07) is 25.7. The molecule has 44 heavy (non-hydrogen) atoms. The molecule has 5 atom stereocenters. The summed E-state index contributed by atoms with van der Waals surface area (Å²) < 4.78 is 13.1. The van der Waals surface area contributed by atoms with Crippen molar-refractivity contribution in [1.82, 2.24) is 15.2 Å². The van der Waals surface area contributed by atoms with Crippen LogP contribution in [0.25, 0.3) is 0 Å². The van der Waals surface area contributed by atoms with Crippen LogP contribution in [0.2, 0.25) is 0 Å². The maximum absolute atomic E-state index is 12.4. The maximum Gasteiger partial charge on any atom is 0.253 e. The highest BCUT2D eigenvalue weighted by atomic mass is 16.7. The number of ether oxygens (including phenoxy) is 2. The van der Waals surface area contributed by atoms with Gasteiger partial charge in [-0.05, 0) is 53.6 Å². The molecule has 0 unspecified atom stereocenters. The second-order valence-electron chi connectivity index (χ2n) is 11.3. The average Bonchev–Trinajstić information content (AvgIpc) is 3.05. The summed E-state index contributed by atoms with van der Waals surface area (Å²) >= 11 is 0. The number of aliphatic hydroxyl groups excluding tert-OH is 2. The lowest BCUT2D eigenvalue weighted by Gasteiger charge is -2.42. The van der Waals surface area contributed by atoms with Crippen molar-refractivity contribution in [3.05, 3.63) is 131 Å². The van der Waals surface area contributed by atoms with E-state index in [0.29, 0.717) is 30.8 Å². The van der Waals surface area contributed by atoms with Gasteiger partial charge in [0.1, 0.15) is 5.75 Å². The molecule has 1 aliphatic rings. The summed E-state index contributed by atoms with van der Waals surface area (Å²) in [5, 5.41) is 33.1. The first-order chi connectivity index (χ1) is 21.3. The Hall–Kier alpha value is -4.12. The fraction of sp³-hybridized carbons (Fsp3) is 0.314. The van der Waals surface area contributed by atoms with Crippen molar-refractivity contribution in [2.24, 2.45) is 5.92 Å². The Morgan fingerprint density at radius 2 is 1.70 bits per heavy atom. The molecule has 2 heterocycles. The van der Waals surface area contributed by atoms with Crippen LogP contribution in [0.3, 0.4) is 0 Å². The predicted molar refractivity (Wildman–Crippen MR) is 165 cm³/mol. The van der Waals surface area contributed by atoms with Gasteiger partial charge < -0.3 is 35.0 Å². The molecule has 230 valence electrons. The van der Waals surface area contributed by atoms with E-state index in [-0.39, 0.29) is 36.4 Å². The van der Waals surface area contributed by atoms with Gasteiger partial charge in [0.05, 0.1) is 30.5 Å². The van der Waals surface area contributed by atoms with E-state index in [4.69, 9.17) is 9.47 Å². The molecule has 1 aliphatic heterocycles. The number of likely N-dealkylation sites (N-methyl/N-ethyl adjacent to an activating group) is 1. The van der Waals surface area contributed by atoms with E-state index in [0.717, 1.165) is 22.3 Å². The molecule has 0 spiro atoms. The molecule has 1 saturated heterocycles. The number of hydrogen-bond donors (Lipinski definition) is 4. The normalized spacial score (nSPS) is 20.8. The highest BCUT2D eigenvalue weighted by molar-refractivity contribution is 5.93. The van der Waals surface area contributed by atoms with Crippen molar-refractivity contribution in [2.45, 2.75) is 44.7 Å². The SMILES string of the molecule is C[C@H]1[C@@H](CN(C)C[C@@H](O)c2cccc(O)c2)O[C@@H](c2ccc(CNC(=O)c3cccnc3)cc2)O[C@H]1c1ccc(CO)cc1. The molecule has 0 bridgehead atoms. The van der Waals surface area contributed by atoms with Crippen LogP contribution in [0.1, 0.15) is 63.6 Å². The molecule has 0 saturated carbocycles. The van der Waals surface area contributed by atoms with Crippen molar-refractivity contribution >= 4 is 5.91 Å². The number of phenols is 1. The number of amides is 1. The largest absolute Gasteiger partial charge is 0.508 e. The number of carbonyl (C=O) groups is 1. The minimum atomic E-state index is -0.772. The van der Waals surface area contributed by atoms with Crippen LogP contribution in [-0.4, -0.2) is 57.4 Å². The Labute approximate surface area is 257 Å². The molecule has 4 N–H and O–H groups in total. The fourth-order valence-electron chi connectivity index (χ4n) is 5.42. The van der Waals surface area contributed by atoms with Crippen LogP contribution in [0.5, 0.6) is 5.75 Å². The molecule has 9 heteroatoms. The number of carbonyl (C=O) groups excluding carboxylic acids is 1. The standard InChI is InChI=1S/C35H39N3O6/c1-23-32(21-38(2)20-31(41)28-5-3-7-30(40)17-28)43-35(44-33(23)26-12-10-25(22-39)11-13-26)27-14-8-24(9-15-27)18-37-34(42)29-6-4-16-36-19-29/h3-17,19,23,31-33,35,39-41H,18,20-22H2,1-2H3,(H,37,42)/t23-,31+,32+,33+,35+/m0/s1. The van der Waals surface area contributed by atoms with E-state index >= 15 is 0 Å². The Morgan fingerprint density at radius 3 is 2.39 bits per heavy atom. The third-order valence-electron chi connectivity index (χ3n) is 7.98. The summed E-state index contributed by atoms with van der Waals surface area (Å²) in [4.78, 5) is 18.4. The lowest BCUT2D eigenvalue weighted by Crippen LogP contribution is -2.44. The number of nitrogens with zero attached hydrogens (tertiary/aromatic N) is 2. The first-order valence-corrected chi connectivity index (χ1v) is 14.7. The van der Waals surface area contributed by atoms with Gasteiger partial charge in [-0.1, -0.05) is 67.6 Å². The van der Waals surface area contributed by atoms with E-state index < -0.39 is 12.4 Å². The Bertz CT molecular complexity index is 1500. The quantitative estimate of drug-likeness (QED) is 0.197. The maximum atomic E-state index is 12.4. The third-order valence-corrected chi connectivity index (χ3v) is 7.98. The lowest BCUT2D eigenvalue weighted by molar-refractivity contribution is -0.276. The van der Waals surface area contributed by atoms with Crippen molar-refractivity contribution in [1.29, 1.82) is 0 Å². The topological polar surface area (TPSA) is 124 Å². The second kappa shape index (κ2) is 14.6. The number of pyridine rings is 1. The molecule has 1 amide bonds. The number of nitrogens with one attached hydrogen (secondary N) is 1. The van der Waals surface area contributed by atoms with Gasteiger partial charge in [0.2, 0.25) is 0 Å². The van der Waals surface area contributed by atoms with Gasteiger partial charge in [0.15, 0.2) is 6.29 Å². The van der Waals surface area contributed by atoms with E-state index in [1.165, 1.54) is 6.20 Å². The van der Waals surface area contributed by atoms with Crippen molar-refractivity contribution in [3.8, 4) is 5.75 Å². The fourth-order valence-corrected chi connectivity index (χ4v) is 5.42. The van der Waals surface area contributed by atoms with Crippen LogP contribution in [-0.2, 0) is 22.6 Å². The zero-order valence-electron chi connectivity index (χ0n) is 24.9. The Balaban J connectivity index is 1.29. The zero-order chi connectivity index (χ0) is 31.1. The van der Waals surface area contributed by atoms with Gasteiger partial charge in [-0.2, -0.15) is 0 Å². The average molecular weight is 598 g/mol. The predicted octanol–water partition coefficient (Wildman–Crippen LogP) is 4.67.